The molecule has 1 unspecified atom stereocenters. The second-order valence-corrected chi connectivity index (χ2v) is 5.36. The van der Waals surface area contributed by atoms with Crippen LogP contribution < -0.4 is 5.73 Å². The largest absolute Gasteiger partial charge is 0.322 e. The van der Waals surface area contributed by atoms with E-state index in [4.69, 9.17) is 5.73 Å². The second kappa shape index (κ2) is 6.26. The summed E-state index contributed by atoms with van der Waals surface area (Å²) < 4.78 is 14.6. The molecule has 0 radical (unpaired) electrons. The lowest BCUT2D eigenvalue weighted by Gasteiger charge is -2.15. The van der Waals surface area contributed by atoms with E-state index in [1.165, 1.54) is 6.07 Å². The van der Waals surface area contributed by atoms with Crippen molar-refractivity contribution in [2.24, 2.45) is 5.73 Å². The molecule has 0 aliphatic carbocycles. The standard InChI is InChI=1S/C15H16BrFN2/c1-2-10-4-3-7-19-15(10)14(18)9-11-8-12(16)5-6-13(11)17/h3-8,14H,2,9,18H2,1H3. The van der Waals surface area contributed by atoms with Crippen LogP contribution in [-0.2, 0) is 12.8 Å². The van der Waals surface area contributed by atoms with Crippen LogP contribution in [-0.4, -0.2) is 4.98 Å². The summed E-state index contributed by atoms with van der Waals surface area (Å²) in [6.45, 7) is 2.06. The van der Waals surface area contributed by atoms with Crippen LogP contribution >= 0.6 is 15.9 Å². The van der Waals surface area contributed by atoms with E-state index in [0.717, 1.165) is 22.2 Å². The monoisotopic (exact) mass is 322 g/mol. The maximum Gasteiger partial charge on any atom is 0.126 e. The number of hydrogen-bond donors (Lipinski definition) is 1. The SMILES string of the molecule is CCc1cccnc1C(N)Cc1cc(Br)ccc1F. The highest BCUT2D eigenvalue weighted by atomic mass is 79.9. The van der Waals surface area contributed by atoms with Gasteiger partial charge in [0.2, 0.25) is 0 Å². The highest BCUT2D eigenvalue weighted by molar-refractivity contribution is 9.10. The van der Waals surface area contributed by atoms with E-state index >= 15 is 0 Å². The second-order valence-electron chi connectivity index (χ2n) is 4.45. The Hall–Kier alpha value is -1.26. The molecular weight excluding hydrogens is 307 g/mol. The molecule has 0 saturated heterocycles. The number of aryl methyl sites for hydroxylation is 1. The molecule has 19 heavy (non-hydrogen) atoms. The highest BCUT2D eigenvalue weighted by Gasteiger charge is 2.14. The van der Waals surface area contributed by atoms with Gasteiger partial charge in [0.05, 0.1) is 11.7 Å². The number of benzene rings is 1. The van der Waals surface area contributed by atoms with Gasteiger partial charge in [-0.05, 0) is 48.2 Å². The number of nitrogens with two attached hydrogens (primary N) is 1. The molecular formula is C15H16BrFN2. The van der Waals surface area contributed by atoms with E-state index in [9.17, 15) is 4.39 Å². The Kier molecular flexibility index (Phi) is 4.66. The Balaban J connectivity index is 2.25. The predicted molar refractivity (Wildman–Crippen MR) is 78.3 cm³/mol. The number of aromatic nitrogens is 1. The van der Waals surface area contributed by atoms with Gasteiger partial charge in [-0.1, -0.05) is 28.9 Å². The highest BCUT2D eigenvalue weighted by Crippen LogP contribution is 2.22. The van der Waals surface area contributed by atoms with Crippen LogP contribution in [0.4, 0.5) is 4.39 Å². The molecule has 0 saturated carbocycles. The van der Waals surface area contributed by atoms with Crippen LogP contribution in [0, 0.1) is 5.82 Å². The Bertz CT molecular complexity index is 572. The van der Waals surface area contributed by atoms with Crippen LogP contribution in [0.5, 0.6) is 0 Å². The third-order valence-electron chi connectivity index (χ3n) is 3.11. The summed E-state index contributed by atoms with van der Waals surface area (Å²) in [7, 11) is 0. The zero-order chi connectivity index (χ0) is 13.8. The third-order valence-corrected chi connectivity index (χ3v) is 3.60. The first-order valence-electron chi connectivity index (χ1n) is 6.25. The number of halogens is 2. The molecule has 0 amide bonds. The minimum Gasteiger partial charge on any atom is -0.322 e. The first-order valence-corrected chi connectivity index (χ1v) is 7.04. The summed E-state index contributed by atoms with van der Waals surface area (Å²) in [5, 5.41) is 0. The van der Waals surface area contributed by atoms with Crippen LogP contribution in [0.25, 0.3) is 0 Å². The molecule has 1 aromatic carbocycles. The smallest absolute Gasteiger partial charge is 0.126 e. The first-order chi connectivity index (χ1) is 9.11. The van der Waals surface area contributed by atoms with Crippen molar-refractivity contribution < 1.29 is 4.39 Å². The summed E-state index contributed by atoms with van der Waals surface area (Å²) >= 11 is 3.35. The minimum atomic E-state index is -0.292. The molecule has 4 heteroatoms. The lowest BCUT2D eigenvalue weighted by atomic mass is 9.99. The molecule has 2 nitrogen and oxygen atoms in total. The summed E-state index contributed by atoms with van der Waals surface area (Å²) in [4.78, 5) is 4.34. The molecule has 1 heterocycles. The molecule has 2 aromatic rings. The van der Waals surface area contributed by atoms with Crippen LogP contribution in [0.2, 0.25) is 0 Å². The lowest BCUT2D eigenvalue weighted by Crippen LogP contribution is -2.17. The Morgan fingerprint density at radius 2 is 2.11 bits per heavy atom. The van der Waals surface area contributed by atoms with Gasteiger partial charge in [-0.3, -0.25) is 4.98 Å². The summed E-state index contributed by atoms with van der Waals surface area (Å²) in [5.74, 6) is -0.229. The van der Waals surface area contributed by atoms with Crippen molar-refractivity contribution in [1.29, 1.82) is 0 Å². The van der Waals surface area contributed by atoms with Gasteiger partial charge >= 0.3 is 0 Å². The van der Waals surface area contributed by atoms with E-state index in [0.29, 0.717) is 12.0 Å². The Morgan fingerprint density at radius 1 is 1.32 bits per heavy atom. The van der Waals surface area contributed by atoms with Crippen molar-refractivity contribution in [2.75, 3.05) is 0 Å². The fraction of sp³-hybridized carbons (Fsp3) is 0.267. The normalized spacial score (nSPS) is 12.4. The predicted octanol–water partition coefficient (Wildman–Crippen LogP) is 3.79. The first kappa shape index (κ1) is 14.2. The zero-order valence-electron chi connectivity index (χ0n) is 10.7. The zero-order valence-corrected chi connectivity index (χ0v) is 12.3. The quantitative estimate of drug-likeness (QED) is 0.930. The average molecular weight is 323 g/mol. The van der Waals surface area contributed by atoms with E-state index in [-0.39, 0.29) is 11.9 Å². The van der Waals surface area contributed by atoms with Crippen LogP contribution in [0.15, 0.2) is 41.0 Å². The molecule has 0 bridgehead atoms. The molecule has 0 fully saturated rings. The molecule has 0 aliphatic heterocycles. The van der Waals surface area contributed by atoms with Crippen molar-refractivity contribution in [2.45, 2.75) is 25.8 Å². The fourth-order valence-corrected chi connectivity index (χ4v) is 2.53. The van der Waals surface area contributed by atoms with Gasteiger partial charge in [0.25, 0.3) is 0 Å². The van der Waals surface area contributed by atoms with E-state index < -0.39 is 0 Å². The molecule has 100 valence electrons. The van der Waals surface area contributed by atoms with Gasteiger partial charge in [-0.15, -0.1) is 0 Å². The summed E-state index contributed by atoms with van der Waals surface area (Å²) in [6.07, 6.45) is 3.04. The van der Waals surface area contributed by atoms with Crippen molar-refractivity contribution >= 4 is 15.9 Å². The van der Waals surface area contributed by atoms with E-state index in [1.54, 1.807) is 18.3 Å². The van der Waals surface area contributed by atoms with Gasteiger partial charge < -0.3 is 5.73 Å². The number of hydrogen-bond acceptors (Lipinski definition) is 2. The number of rotatable bonds is 4. The maximum absolute atomic E-state index is 13.7. The van der Waals surface area contributed by atoms with Gasteiger partial charge in [-0.25, -0.2) is 4.39 Å². The van der Waals surface area contributed by atoms with E-state index in [1.807, 2.05) is 12.1 Å². The van der Waals surface area contributed by atoms with Gasteiger partial charge in [0, 0.05) is 10.7 Å². The molecule has 2 N–H and O–H groups in total. The number of nitrogens with zero attached hydrogens (tertiary/aromatic N) is 1. The third kappa shape index (κ3) is 3.39. The van der Waals surface area contributed by atoms with Crippen molar-refractivity contribution in [3.05, 3.63) is 63.6 Å². The summed E-state index contributed by atoms with van der Waals surface area (Å²) in [6, 6.07) is 8.52. The summed E-state index contributed by atoms with van der Waals surface area (Å²) in [5.41, 5.74) is 8.75. The van der Waals surface area contributed by atoms with Crippen molar-refractivity contribution in [3.8, 4) is 0 Å². The average Bonchev–Trinajstić information content (AvgIpc) is 2.42. The number of pyridine rings is 1. The van der Waals surface area contributed by atoms with Gasteiger partial charge in [0.15, 0.2) is 0 Å². The van der Waals surface area contributed by atoms with E-state index in [2.05, 4.69) is 27.8 Å². The minimum absolute atomic E-state index is 0.229. The topological polar surface area (TPSA) is 38.9 Å². The lowest BCUT2D eigenvalue weighted by molar-refractivity contribution is 0.588. The van der Waals surface area contributed by atoms with Gasteiger partial charge in [0.1, 0.15) is 5.82 Å². The van der Waals surface area contributed by atoms with Crippen LogP contribution in [0.1, 0.15) is 29.8 Å². The molecule has 0 spiro atoms. The molecule has 0 aliphatic rings. The Morgan fingerprint density at radius 3 is 2.84 bits per heavy atom. The molecule has 2 rings (SSSR count). The van der Waals surface area contributed by atoms with Gasteiger partial charge in [-0.2, -0.15) is 0 Å². The van der Waals surface area contributed by atoms with Crippen molar-refractivity contribution in [3.63, 3.8) is 0 Å². The maximum atomic E-state index is 13.7. The fourth-order valence-electron chi connectivity index (χ4n) is 2.12. The van der Waals surface area contributed by atoms with Crippen LogP contribution in [0.3, 0.4) is 0 Å². The molecule has 1 atom stereocenters. The van der Waals surface area contributed by atoms with Crippen molar-refractivity contribution in [1.82, 2.24) is 4.98 Å². The molecule has 1 aromatic heterocycles. The Labute approximate surface area is 121 Å².